The lowest BCUT2D eigenvalue weighted by atomic mass is 10.1. The standard InChI is InChI=1S/C18H17NO3/c1-21-17-9-5-4-6-14(17)10-11-18(20)22-13-16-8-3-2-7-15(16)12-19/h2-9H,10-11,13H2,1H3. The monoisotopic (exact) mass is 295 g/mol. The molecule has 0 aliphatic rings. The number of nitriles is 1. The van der Waals surface area contributed by atoms with Crippen molar-refractivity contribution in [1.82, 2.24) is 0 Å². The number of esters is 1. The summed E-state index contributed by atoms with van der Waals surface area (Å²) in [6, 6.07) is 16.8. The van der Waals surface area contributed by atoms with Crippen molar-refractivity contribution in [2.24, 2.45) is 0 Å². The number of hydrogen-bond acceptors (Lipinski definition) is 4. The van der Waals surface area contributed by atoms with Crippen LogP contribution in [0.15, 0.2) is 48.5 Å². The van der Waals surface area contributed by atoms with Crippen molar-refractivity contribution in [1.29, 1.82) is 5.26 Å². The number of hydrogen-bond donors (Lipinski definition) is 0. The molecule has 4 heteroatoms. The molecule has 22 heavy (non-hydrogen) atoms. The third-order valence-corrected chi connectivity index (χ3v) is 3.32. The van der Waals surface area contributed by atoms with Crippen molar-refractivity contribution in [2.45, 2.75) is 19.4 Å². The molecule has 4 nitrogen and oxygen atoms in total. The van der Waals surface area contributed by atoms with Crippen molar-refractivity contribution in [3.05, 3.63) is 65.2 Å². The number of ether oxygens (including phenoxy) is 2. The van der Waals surface area contributed by atoms with Crippen LogP contribution in [0.5, 0.6) is 5.75 Å². The topological polar surface area (TPSA) is 59.3 Å². The van der Waals surface area contributed by atoms with Gasteiger partial charge in [0.05, 0.1) is 18.7 Å². The van der Waals surface area contributed by atoms with Crippen LogP contribution in [0.3, 0.4) is 0 Å². The summed E-state index contributed by atoms with van der Waals surface area (Å²) in [5.74, 6) is 0.476. The van der Waals surface area contributed by atoms with Gasteiger partial charge in [-0.25, -0.2) is 0 Å². The minimum atomic E-state index is -0.293. The van der Waals surface area contributed by atoms with Gasteiger partial charge in [-0.1, -0.05) is 36.4 Å². The predicted molar refractivity (Wildman–Crippen MR) is 82.3 cm³/mol. The van der Waals surface area contributed by atoms with E-state index >= 15 is 0 Å². The van der Waals surface area contributed by atoms with E-state index in [4.69, 9.17) is 14.7 Å². The number of methoxy groups -OCH3 is 1. The van der Waals surface area contributed by atoms with Crippen LogP contribution in [-0.4, -0.2) is 13.1 Å². The number of rotatable bonds is 6. The Labute approximate surface area is 129 Å². The molecular weight excluding hydrogens is 278 g/mol. The molecule has 0 atom stereocenters. The smallest absolute Gasteiger partial charge is 0.306 e. The Balaban J connectivity index is 1.87. The largest absolute Gasteiger partial charge is 0.496 e. The van der Waals surface area contributed by atoms with Gasteiger partial charge in [-0.15, -0.1) is 0 Å². The maximum absolute atomic E-state index is 11.8. The molecule has 2 aromatic rings. The highest BCUT2D eigenvalue weighted by atomic mass is 16.5. The van der Waals surface area contributed by atoms with E-state index in [1.165, 1.54) is 0 Å². The van der Waals surface area contributed by atoms with Crippen LogP contribution in [-0.2, 0) is 22.6 Å². The van der Waals surface area contributed by atoms with Crippen molar-refractivity contribution in [3.63, 3.8) is 0 Å². The Morgan fingerprint density at radius 1 is 1.09 bits per heavy atom. The van der Waals surface area contributed by atoms with Crippen molar-refractivity contribution < 1.29 is 14.3 Å². The molecule has 0 unspecified atom stereocenters. The van der Waals surface area contributed by atoms with Crippen LogP contribution in [0.25, 0.3) is 0 Å². The Bertz CT molecular complexity index is 689. The number of para-hydroxylation sites is 1. The van der Waals surface area contributed by atoms with E-state index in [0.717, 1.165) is 16.9 Å². The molecule has 0 spiro atoms. The molecule has 2 aromatic carbocycles. The molecule has 112 valence electrons. The Kier molecular flexibility index (Phi) is 5.56. The van der Waals surface area contributed by atoms with Gasteiger partial charge in [-0.05, 0) is 24.1 Å². The van der Waals surface area contributed by atoms with E-state index < -0.39 is 0 Å². The van der Waals surface area contributed by atoms with Gasteiger partial charge in [-0.3, -0.25) is 4.79 Å². The first-order valence-electron chi connectivity index (χ1n) is 7.00. The minimum Gasteiger partial charge on any atom is -0.496 e. The molecule has 2 rings (SSSR count). The third kappa shape index (κ3) is 4.10. The lowest BCUT2D eigenvalue weighted by Gasteiger charge is -2.09. The second kappa shape index (κ2) is 7.84. The van der Waals surface area contributed by atoms with Crippen LogP contribution in [0.4, 0.5) is 0 Å². The average molecular weight is 295 g/mol. The summed E-state index contributed by atoms with van der Waals surface area (Å²) in [6.45, 7) is 0.120. The molecule has 0 aliphatic carbocycles. The quantitative estimate of drug-likeness (QED) is 0.768. The summed E-state index contributed by atoms with van der Waals surface area (Å²) >= 11 is 0. The number of benzene rings is 2. The lowest BCUT2D eigenvalue weighted by molar-refractivity contribution is -0.144. The van der Waals surface area contributed by atoms with E-state index in [0.29, 0.717) is 12.0 Å². The fraction of sp³-hybridized carbons (Fsp3) is 0.222. The Hall–Kier alpha value is -2.80. The molecule has 0 fully saturated rings. The first kappa shape index (κ1) is 15.6. The summed E-state index contributed by atoms with van der Waals surface area (Å²) in [6.07, 6.45) is 0.831. The molecule has 0 bridgehead atoms. The second-order valence-electron chi connectivity index (χ2n) is 4.74. The van der Waals surface area contributed by atoms with E-state index in [1.54, 1.807) is 25.3 Å². The van der Waals surface area contributed by atoms with Crippen LogP contribution in [0, 0.1) is 11.3 Å². The number of nitrogens with zero attached hydrogens (tertiary/aromatic N) is 1. The van der Waals surface area contributed by atoms with E-state index in [-0.39, 0.29) is 19.0 Å². The van der Waals surface area contributed by atoms with Gasteiger partial charge in [0, 0.05) is 12.0 Å². The van der Waals surface area contributed by atoms with Gasteiger partial charge >= 0.3 is 5.97 Å². The first-order chi connectivity index (χ1) is 10.7. The average Bonchev–Trinajstić information content (AvgIpc) is 2.58. The maximum atomic E-state index is 11.8. The number of carbonyl (C=O) groups excluding carboxylic acids is 1. The fourth-order valence-electron chi connectivity index (χ4n) is 2.13. The molecule has 0 saturated carbocycles. The van der Waals surface area contributed by atoms with Gasteiger partial charge in [-0.2, -0.15) is 5.26 Å². The summed E-state index contributed by atoms with van der Waals surface area (Å²) in [5, 5.41) is 8.99. The molecule has 0 radical (unpaired) electrons. The van der Waals surface area contributed by atoms with Gasteiger partial charge < -0.3 is 9.47 Å². The molecule has 0 aromatic heterocycles. The fourth-order valence-corrected chi connectivity index (χ4v) is 2.13. The molecule has 0 amide bonds. The summed E-state index contributed by atoms with van der Waals surface area (Å²) in [4.78, 5) is 11.8. The third-order valence-electron chi connectivity index (χ3n) is 3.32. The SMILES string of the molecule is COc1ccccc1CCC(=O)OCc1ccccc1C#N. The van der Waals surface area contributed by atoms with Crippen LogP contribution in [0.2, 0.25) is 0 Å². The minimum absolute atomic E-state index is 0.120. The number of carbonyl (C=O) groups is 1. The second-order valence-corrected chi connectivity index (χ2v) is 4.74. The van der Waals surface area contributed by atoms with E-state index in [2.05, 4.69) is 6.07 Å². The molecule has 0 aliphatic heterocycles. The molecular formula is C18H17NO3. The van der Waals surface area contributed by atoms with Gasteiger partial charge in [0.25, 0.3) is 0 Å². The summed E-state index contributed by atoms with van der Waals surface area (Å²) in [7, 11) is 1.61. The highest BCUT2D eigenvalue weighted by molar-refractivity contribution is 5.70. The molecule has 0 saturated heterocycles. The Morgan fingerprint density at radius 3 is 2.50 bits per heavy atom. The molecule has 0 heterocycles. The summed E-state index contributed by atoms with van der Waals surface area (Å²) in [5.41, 5.74) is 2.22. The predicted octanol–water partition coefficient (Wildman–Crippen LogP) is 3.24. The van der Waals surface area contributed by atoms with Crippen LogP contribution in [0.1, 0.15) is 23.1 Å². The van der Waals surface area contributed by atoms with Crippen molar-refractivity contribution >= 4 is 5.97 Å². The highest BCUT2D eigenvalue weighted by Gasteiger charge is 2.09. The Morgan fingerprint density at radius 2 is 1.77 bits per heavy atom. The van der Waals surface area contributed by atoms with Crippen molar-refractivity contribution in [2.75, 3.05) is 7.11 Å². The van der Waals surface area contributed by atoms with Crippen LogP contribution < -0.4 is 4.74 Å². The lowest BCUT2D eigenvalue weighted by Crippen LogP contribution is -2.07. The van der Waals surface area contributed by atoms with Gasteiger partial charge in [0.15, 0.2) is 0 Å². The zero-order chi connectivity index (χ0) is 15.8. The van der Waals surface area contributed by atoms with E-state index in [9.17, 15) is 4.79 Å². The summed E-state index contributed by atoms with van der Waals surface area (Å²) < 4.78 is 10.5. The van der Waals surface area contributed by atoms with Crippen molar-refractivity contribution in [3.8, 4) is 11.8 Å². The normalized spacial score (nSPS) is 9.82. The first-order valence-corrected chi connectivity index (χ1v) is 7.00. The number of aryl methyl sites for hydroxylation is 1. The molecule has 0 N–H and O–H groups in total. The zero-order valence-electron chi connectivity index (χ0n) is 12.4. The van der Waals surface area contributed by atoms with E-state index in [1.807, 2.05) is 30.3 Å². The van der Waals surface area contributed by atoms with Gasteiger partial charge in [0.2, 0.25) is 0 Å². The maximum Gasteiger partial charge on any atom is 0.306 e. The van der Waals surface area contributed by atoms with Crippen LogP contribution >= 0.6 is 0 Å². The van der Waals surface area contributed by atoms with Gasteiger partial charge in [0.1, 0.15) is 12.4 Å². The highest BCUT2D eigenvalue weighted by Crippen LogP contribution is 2.19. The zero-order valence-corrected chi connectivity index (χ0v) is 12.4.